The molecule has 3 aliphatic rings. The molecule has 2 fully saturated rings. The molecule has 1 aromatic carbocycles. The number of pyridine rings is 1. The van der Waals surface area contributed by atoms with E-state index in [4.69, 9.17) is 17.6 Å². The minimum Gasteiger partial charge on any atom is -0.478 e. The molecule has 0 saturated carbocycles. The summed E-state index contributed by atoms with van der Waals surface area (Å²) in [5, 5.41) is 3.89. The first-order valence-electron chi connectivity index (χ1n) is 11.9. The number of carbonyl (C=O) groups is 2. The molecule has 13 heteroatoms. The van der Waals surface area contributed by atoms with Gasteiger partial charge in [0.15, 0.2) is 5.84 Å². The first kappa shape index (κ1) is 23.4. The average Bonchev–Trinajstić information content (AvgIpc) is 3.58. The molecule has 0 amide bonds. The van der Waals surface area contributed by atoms with Crippen LogP contribution in [0.5, 0.6) is 5.88 Å². The number of nitrogens with zero attached hydrogens (tertiary/aromatic N) is 6. The lowest BCUT2D eigenvalue weighted by atomic mass is 10.1. The summed E-state index contributed by atoms with van der Waals surface area (Å²) in [7, 11) is -2.76. The first-order chi connectivity index (χ1) is 18.0. The lowest BCUT2D eigenvalue weighted by Gasteiger charge is -2.35. The number of rotatable bonds is 6. The number of hydrogen-bond donors (Lipinski definition) is 0. The molecule has 0 N–H and O–H groups in total. The zero-order chi connectivity index (χ0) is 25.4. The molecule has 3 aliphatic heterocycles. The molecule has 0 aliphatic carbocycles. The molecule has 0 radical (unpaired) electrons. The average molecular weight is 525 g/mol. The number of carbonyl (C=O) groups excluding carboxylic acids is 2. The summed E-state index contributed by atoms with van der Waals surface area (Å²) >= 11 is 0. The Hall–Kier alpha value is -3.97. The molecule has 0 atom stereocenters. The van der Waals surface area contributed by atoms with E-state index < -0.39 is 22.7 Å². The Morgan fingerprint density at radius 2 is 1.76 bits per heavy atom. The van der Waals surface area contributed by atoms with Crippen LogP contribution in [0.2, 0.25) is 0 Å². The van der Waals surface area contributed by atoms with Crippen molar-refractivity contribution in [2.75, 3.05) is 39.3 Å². The molecule has 2 saturated heterocycles. The van der Waals surface area contributed by atoms with Crippen LogP contribution >= 0.6 is 10.8 Å². The zero-order valence-corrected chi connectivity index (χ0v) is 20.8. The van der Waals surface area contributed by atoms with Crippen molar-refractivity contribution in [3.05, 3.63) is 53.9 Å². The summed E-state index contributed by atoms with van der Waals surface area (Å²) in [6, 6.07) is 12.9. The van der Waals surface area contributed by atoms with Crippen LogP contribution in [-0.4, -0.2) is 82.0 Å². The van der Waals surface area contributed by atoms with Crippen molar-refractivity contribution in [1.82, 2.24) is 24.9 Å². The van der Waals surface area contributed by atoms with Crippen molar-refractivity contribution in [2.45, 2.75) is 18.2 Å². The topological polar surface area (TPSA) is 132 Å². The normalized spacial score (nSPS) is 19.4. The van der Waals surface area contributed by atoms with Crippen molar-refractivity contribution in [1.29, 1.82) is 0 Å². The highest BCUT2D eigenvalue weighted by molar-refractivity contribution is 8.26. The van der Waals surface area contributed by atoms with Crippen molar-refractivity contribution in [3.63, 3.8) is 0 Å². The smallest absolute Gasteiger partial charge is 0.443 e. The Bertz CT molecular complexity index is 1370. The van der Waals surface area contributed by atoms with Gasteiger partial charge in [0.1, 0.15) is 10.6 Å². The SMILES string of the molecule is Cc1nc(-c2cccc(OCCCN3CCN(C4=NS5(OC(=O)C(=O)O5)c5ccccc54)CC3)n2)no1. The van der Waals surface area contributed by atoms with Crippen LogP contribution in [0.25, 0.3) is 11.5 Å². The third-order valence-corrected chi connectivity index (χ3v) is 8.26. The van der Waals surface area contributed by atoms with Gasteiger partial charge in [-0.2, -0.15) is 4.98 Å². The summed E-state index contributed by atoms with van der Waals surface area (Å²) in [5.41, 5.74) is 1.44. The van der Waals surface area contributed by atoms with E-state index in [0.29, 0.717) is 40.6 Å². The van der Waals surface area contributed by atoms with E-state index in [1.165, 1.54) is 0 Å². The highest BCUT2D eigenvalue weighted by Crippen LogP contribution is 2.66. The largest absolute Gasteiger partial charge is 0.478 e. The molecule has 12 nitrogen and oxygen atoms in total. The molecule has 0 bridgehead atoms. The van der Waals surface area contributed by atoms with Gasteiger partial charge < -0.3 is 22.5 Å². The van der Waals surface area contributed by atoms with Crippen LogP contribution in [-0.2, 0) is 18.0 Å². The summed E-state index contributed by atoms with van der Waals surface area (Å²) in [6.07, 6.45) is 0.843. The monoisotopic (exact) mass is 524 g/mol. The van der Waals surface area contributed by atoms with Gasteiger partial charge in [-0.15, -0.1) is 4.40 Å². The zero-order valence-electron chi connectivity index (χ0n) is 20.0. The second kappa shape index (κ2) is 9.48. The fourth-order valence-corrected chi connectivity index (χ4v) is 6.47. The molecular weight excluding hydrogens is 500 g/mol. The molecular formula is C24H24N6O6S. The van der Waals surface area contributed by atoms with Gasteiger partial charge in [-0.05, 0) is 24.6 Å². The number of aromatic nitrogens is 3. The summed E-state index contributed by atoms with van der Waals surface area (Å²) < 4.78 is 26.2. The fourth-order valence-electron chi connectivity index (χ4n) is 4.41. The lowest BCUT2D eigenvalue weighted by molar-refractivity contribution is -0.150. The van der Waals surface area contributed by atoms with Gasteiger partial charge >= 0.3 is 11.9 Å². The van der Waals surface area contributed by atoms with Crippen LogP contribution in [0.4, 0.5) is 0 Å². The first-order valence-corrected chi connectivity index (χ1v) is 13.3. The molecule has 1 spiro atoms. The summed E-state index contributed by atoms with van der Waals surface area (Å²) in [6.45, 7) is 6.33. The molecule has 0 unspecified atom stereocenters. The van der Waals surface area contributed by atoms with Crippen LogP contribution in [0.3, 0.4) is 0 Å². The second-order valence-corrected chi connectivity index (χ2v) is 10.6. The van der Waals surface area contributed by atoms with Gasteiger partial charge in [0.2, 0.25) is 17.6 Å². The summed E-state index contributed by atoms with van der Waals surface area (Å²) in [5.74, 6) is 0.166. The molecule has 192 valence electrons. The minimum atomic E-state index is -2.76. The van der Waals surface area contributed by atoms with Crippen molar-refractivity contribution < 1.29 is 27.2 Å². The number of benzene rings is 1. The number of aryl methyl sites for hydroxylation is 1. The van der Waals surface area contributed by atoms with Gasteiger partial charge in [0.05, 0.1) is 6.61 Å². The van der Waals surface area contributed by atoms with E-state index in [2.05, 4.69) is 29.3 Å². The molecule has 37 heavy (non-hydrogen) atoms. The van der Waals surface area contributed by atoms with Crippen LogP contribution in [0, 0.1) is 6.92 Å². The van der Waals surface area contributed by atoms with E-state index in [0.717, 1.165) is 44.7 Å². The number of fused-ring (bicyclic) bond motifs is 2. The van der Waals surface area contributed by atoms with Gasteiger partial charge in [-0.1, -0.05) is 23.4 Å². The van der Waals surface area contributed by atoms with E-state index in [9.17, 15) is 9.59 Å². The third kappa shape index (κ3) is 4.51. The maximum atomic E-state index is 11.8. The van der Waals surface area contributed by atoms with E-state index in [-0.39, 0.29) is 0 Å². The lowest BCUT2D eigenvalue weighted by Crippen LogP contribution is -2.49. The van der Waals surface area contributed by atoms with Gasteiger partial charge in [0.25, 0.3) is 0 Å². The molecule has 3 aromatic rings. The Labute approximate surface area is 214 Å². The van der Waals surface area contributed by atoms with Crippen molar-refractivity contribution in [3.8, 4) is 17.4 Å². The van der Waals surface area contributed by atoms with E-state index >= 15 is 0 Å². The predicted molar refractivity (Wildman–Crippen MR) is 131 cm³/mol. The van der Waals surface area contributed by atoms with E-state index in [1.807, 2.05) is 36.4 Å². The molecule has 5 heterocycles. The number of ether oxygens (including phenoxy) is 1. The number of amidine groups is 1. The molecule has 2 aromatic heterocycles. The third-order valence-electron chi connectivity index (χ3n) is 6.18. The number of piperazine rings is 1. The molecule has 6 rings (SSSR count). The predicted octanol–water partition coefficient (Wildman–Crippen LogP) is 2.30. The number of hydrogen-bond acceptors (Lipinski definition) is 12. The quantitative estimate of drug-likeness (QED) is 0.347. The minimum absolute atomic E-state index is 0.437. The Morgan fingerprint density at radius 3 is 2.51 bits per heavy atom. The Morgan fingerprint density at radius 1 is 0.973 bits per heavy atom. The highest BCUT2D eigenvalue weighted by atomic mass is 32.3. The van der Waals surface area contributed by atoms with Crippen LogP contribution in [0.1, 0.15) is 17.9 Å². The van der Waals surface area contributed by atoms with Gasteiger partial charge in [-0.25, -0.2) is 14.6 Å². The summed E-state index contributed by atoms with van der Waals surface area (Å²) in [4.78, 5) is 37.4. The van der Waals surface area contributed by atoms with Crippen molar-refractivity contribution in [2.24, 2.45) is 4.40 Å². The van der Waals surface area contributed by atoms with Crippen LogP contribution < -0.4 is 4.74 Å². The highest BCUT2D eigenvalue weighted by Gasteiger charge is 2.49. The van der Waals surface area contributed by atoms with E-state index in [1.54, 1.807) is 13.0 Å². The second-order valence-electron chi connectivity index (χ2n) is 8.66. The maximum absolute atomic E-state index is 11.8. The van der Waals surface area contributed by atoms with Crippen molar-refractivity contribution >= 4 is 28.6 Å². The van der Waals surface area contributed by atoms with Gasteiger partial charge in [0, 0.05) is 62.1 Å². The van der Waals surface area contributed by atoms with Gasteiger partial charge in [-0.3, -0.25) is 4.90 Å². The fraction of sp³-hybridized carbons (Fsp3) is 0.333. The standard InChI is InChI=1S/C24H24N6O6S/c1-16-25-21(27-34-16)18-7-4-9-20(26-18)33-15-5-10-29-11-13-30(14-12-29)22-17-6-2-3-8-19(17)37(28-22)35-23(31)24(32)36-37/h2-4,6-9H,5,10-15H2,1H3. The van der Waals surface area contributed by atoms with Crippen LogP contribution in [0.15, 0.2) is 56.3 Å². The maximum Gasteiger partial charge on any atom is 0.443 e. The Balaban J connectivity index is 1.02. The Kier molecular flexibility index (Phi) is 6.00.